The maximum atomic E-state index is 11.9. The summed E-state index contributed by atoms with van der Waals surface area (Å²) in [6.45, 7) is 14.6. The van der Waals surface area contributed by atoms with Crippen molar-refractivity contribution >= 4 is 5.97 Å². The first kappa shape index (κ1) is 24.6. The molecule has 4 fully saturated rings. The monoisotopic (exact) mass is 444 g/mol. The second-order valence-electron chi connectivity index (χ2n) is 13.4. The first-order valence-corrected chi connectivity index (χ1v) is 14.4. The molecule has 0 aromatic carbocycles. The predicted molar refractivity (Wildman–Crippen MR) is 133 cm³/mol. The van der Waals surface area contributed by atoms with Crippen LogP contribution in [0.4, 0.5) is 0 Å². The Kier molecular flexibility index (Phi) is 7.39. The molecule has 0 N–H and O–H groups in total. The van der Waals surface area contributed by atoms with Crippen molar-refractivity contribution in [1.29, 1.82) is 0 Å². The second kappa shape index (κ2) is 9.61. The maximum absolute atomic E-state index is 11.9. The molecule has 0 spiro atoms. The lowest BCUT2D eigenvalue weighted by Crippen LogP contribution is -2.54. The fraction of sp³-hybridized carbons (Fsp3) is 0.967. The van der Waals surface area contributed by atoms with Crippen LogP contribution in [0.2, 0.25) is 0 Å². The highest BCUT2D eigenvalue weighted by atomic mass is 16.5. The largest absolute Gasteiger partial charge is 0.462 e. The number of carbonyl (C=O) groups excluding carboxylic acids is 1. The highest BCUT2D eigenvalue weighted by Crippen LogP contribution is 2.68. The molecule has 4 saturated carbocycles. The van der Waals surface area contributed by atoms with Crippen molar-refractivity contribution in [2.45, 2.75) is 131 Å². The summed E-state index contributed by atoms with van der Waals surface area (Å²) in [5.41, 5.74) is 1.08. The van der Waals surface area contributed by atoms with Gasteiger partial charge < -0.3 is 4.74 Å². The van der Waals surface area contributed by atoms with Crippen LogP contribution >= 0.6 is 0 Å². The van der Waals surface area contributed by atoms with E-state index in [1.807, 2.05) is 6.92 Å². The van der Waals surface area contributed by atoms with E-state index in [1.54, 1.807) is 0 Å². The van der Waals surface area contributed by atoms with Crippen molar-refractivity contribution in [2.24, 2.45) is 52.3 Å². The van der Waals surface area contributed by atoms with Crippen LogP contribution < -0.4 is 0 Å². The number of esters is 1. The summed E-state index contributed by atoms with van der Waals surface area (Å²) >= 11 is 0. The standard InChI is InChI=1S/C30H52O2/c1-7-28(31)32-23-15-17-29(5)22(19-23)11-12-24-26-14-13-25(21(4)10-8-9-20(2)3)30(26,6)18-16-27(24)29/h20-27H,7-19H2,1-6H3/t21-,22+,23+,24+,25-,26+,27+,29+,30-/m1/s1. The molecule has 4 aliphatic carbocycles. The minimum atomic E-state index is 0.000216. The average molecular weight is 445 g/mol. The quantitative estimate of drug-likeness (QED) is 0.368. The highest BCUT2D eigenvalue weighted by molar-refractivity contribution is 5.69. The predicted octanol–water partition coefficient (Wildman–Crippen LogP) is 8.43. The minimum Gasteiger partial charge on any atom is -0.462 e. The molecule has 0 saturated heterocycles. The number of fused-ring (bicyclic) bond motifs is 5. The Morgan fingerprint density at radius 2 is 1.62 bits per heavy atom. The van der Waals surface area contributed by atoms with Gasteiger partial charge >= 0.3 is 5.97 Å². The molecule has 0 aliphatic heterocycles. The van der Waals surface area contributed by atoms with Crippen LogP contribution in [-0.2, 0) is 9.53 Å². The van der Waals surface area contributed by atoms with Gasteiger partial charge in [-0.1, -0.05) is 60.8 Å². The van der Waals surface area contributed by atoms with Gasteiger partial charge in [0.05, 0.1) is 0 Å². The van der Waals surface area contributed by atoms with E-state index >= 15 is 0 Å². The molecule has 0 aromatic heterocycles. The Bertz CT molecular complexity index is 655. The molecule has 184 valence electrons. The lowest BCUT2D eigenvalue weighted by atomic mass is 9.44. The number of rotatable bonds is 7. The zero-order valence-corrected chi connectivity index (χ0v) is 22.1. The van der Waals surface area contributed by atoms with Crippen LogP contribution in [0.1, 0.15) is 125 Å². The lowest BCUT2D eigenvalue weighted by Gasteiger charge is -2.61. The first-order valence-electron chi connectivity index (χ1n) is 14.4. The molecule has 4 aliphatic rings. The molecule has 0 aromatic rings. The van der Waals surface area contributed by atoms with Gasteiger partial charge in [-0.25, -0.2) is 0 Å². The summed E-state index contributed by atoms with van der Waals surface area (Å²) in [6, 6.07) is 0. The van der Waals surface area contributed by atoms with Crippen molar-refractivity contribution in [3.8, 4) is 0 Å². The Morgan fingerprint density at radius 3 is 2.34 bits per heavy atom. The topological polar surface area (TPSA) is 26.3 Å². The molecular formula is C30H52O2. The van der Waals surface area contributed by atoms with Crippen molar-refractivity contribution in [1.82, 2.24) is 0 Å². The summed E-state index contributed by atoms with van der Waals surface area (Å²) in [5.74, 6) is 6.30. The maximum Gasteiger partial charge on any atom is 0.305 e. The Hall–Kier alpha value is -0.530. The molecule has 2 heteroatoms. The van der Waals surface area contributed by atoms with Gasteiger partial charge in [-0.3, -0.25) is 4.79 Å². The summed E-state index contributed by atoms with van der Waals surface area (Å²) in [5, 5.41) is 0. The van der Waals surface area contributed by atoms with E-state index in [1.165, 1.54) is 64.2 Å². The van der Waals surface area contributed by atoms with Crippen molar-refractivity contribution in [3.63, 3.8) is 0 Å². The molecule has 2 nitrogen and oxygen atoms in total. The summed E-state index contributed by atoms with van der Waals surface area (Å²) in [7, 11) is 0. The molecular weight excluding hydrogens is 392 g/mol. The SMILES string of the molecule is CCC(=O)O[C@H]1CC[C@@]2(C)[C@@H](CC[C@@H]3[C@@H]2CC[C@]2(C)[C@@H]([C@H](C)CCCC(C)C)CC[C@@H]32)C1. The van der Waals surface area contributed by atoms with Gasteiger partial charge in [0.25, 0.3) is 0 Å². The number of hydrogen-bond acceptors (Lipinski definition) is 2. The Balaban J connectivity index is 1.42. The van der Waals surface area contributed by atoms with Gasteiger partial charge in [-0.2, -0.15) is 0 Å². The summed E-state index contributed by atoms with van der Waals surface area (Å²) < 4.78 is 5.80. The third-order valence-corrected chi connectivity index (χ3v) is 11.4. The van der Waals surface area contributed by atoms with Crippen molar-refractivity contribution in [3.05, 3.63) is 0 Å². The summed E-state index contributed by atoms with van der Waals surface area (Å²) in [6.07, 6.45) is 17.2. The van der Waals surface area contributed by atoms with E-state index in [9.17, 15) is 4.79 Å². The fourth-order valence-corrected chi connectivity index (χ4v) is 9.62. The fourth-order valence-electron chi connectivity index (χ4n) is 9.62. The van der Waals surface area contributed by atoms with Crippen molar-refractivity contribution < 1.29 is 9.53 Å². The van der Waals surface area contributed by atoms with Gasteiger partial charge in [0.15, 0.2) is 0 Å². The molecule has 9 atom stereocenters. The van der Waals surface area contributed by atoms with Gasteiger partial charge in [0.2, 0.25) is 0 Å². The minimum absolute atomic E-state index is 0.000216. The molecule has 0 radical (unpaired) electrons. The van der Waals surface area contributed by atoms with Crippen LogP contribution in [0.5, 0.6) is 0 Å². The van der Waals surface area contributed by atoms with E-state index in [2.05, 4.69) is 34.6 Å². The van der Waals surface area contributed by atoms with Crippen LogP contribution in [0.15, 0.2) is 0 Å². The van der Waals surface area contributed by atoms with E-state index in [0.29, 0.717) is 17.3 Å². The van der Waals surface area contributed by atoms with Gasteiger partial charge in [0, 0.05) is 6.42 Å². The van der Waals surface area contributed by atoms with Gasteiger partial charge in [-0.05, 0) is 110 Å². The van der Waals surface area contributed by atoms with Gasteiger partial charge in [-0.15, -0.1) is 0 Å². The van der Waals surface area contributed by atoms with E-state index < -0.39 is 0 Å². The third kappa shape index (κ3) is 4.43. The molecule has 0 unspecified atom stereocenters. The zero-order valence-electron chi connectivity index (χ0n) is 22.1. The Morgan fingerprint density at radius 1 is 0.906 bits per heavy atom. The summed E-state index contributed by atoms with van der Waals surface area (Å²) in [4.78, 5) is 11.9. The average Bonchev–Trinajstić information content (AvgIpc) is 3.11. The number of ether oxygens (including phenoxy) is 1. The van der Waals surface area contributed by atoms with Crippen LogP contribution in [0, 0.1) is 52.3 Å². The normalized spacial score (nSPS) is 44.5. The second-order valence-corrected chi connectivity index (χ2v) is 13.4. The Labute approximate surface area is 199 Å². The van der Waals surface area contributed by atoms with E-state index in [-0.39, 0.29) is 12.1 Å². The lowest BCUT2D eigenvalue weighted by molar-refractivity contribution is -0.162. The third-order valence-electron chi connectivity index (χ3n) is 11.4. The van der Waals surface area contributed by atoms with E-state index in [4.69, 9.17) is 4.74 Å². The smallest absolute Gasteiger partial charge is 0.305 e. The first-order chi connectivity index (χ1) is 15.2. The molecule has 32 heavy (non-hydrogen) atoms. The van der Waals surface area contributed by atoms with E-state index in [0.717, 1.165) is 54.3 Å². The number of hydrogen-bond donors (Lipinski definition) is 0. The highest BCUT2D eigenvalue weighted by Gasteiger charge is 2.60. The molecule has 0 amide bonds. The molecule has 0 heterocycles. The zero-order chi connectivity index (χ0) is 23.1. The van der Waals surface area contributed by atoms with Gasteiger partial charge in [0.1, 0.15) is 6.10 Å². The van der Waals surface area contributed by atoms with Crippen LogP contribution in [0.25, 0.3) is 0 Å². The van der Waals surface area contributed by atoms with Crippen LogP contribution in [-0.4, -0.2) is 12.1 Å². The van der Waals surface area contributed by atoms with Crippen molar-refractivity contribution in [2.75, 3.05) is 0 Å². The van der Waals surface area contributed by atoms with Crippen LogP contribution in [0.3, 0.4) is 0 Å². The number of carbonyl (C=O) groups is 1. The molecule has 4 rings (SSSR count). The molecule has 0 bridgehead atoms.